The summed E-state index contributed by atoms with van der Waals surface area (Å²) in [5.41, 5.74) is 6.09. The molecule has 15 heavy (non-hydrogen) atoms. The van der Waals surface area contributed by atoms with Crippen molar-refractivity contribution in [2.75, 3.05) is 6.61 Å². The lowest BCUT2D eigenvalue weighted by molar-refractivity contribution is 0.0990. The Morgan fingerprint density at radius 1 is 1.27 bits per heavy atom. The molecule has 0 spiro atoms. The summed E-state index contributed by atoms with van der Waals surface area (Å²) in [6.45, 7) is 0.835. The predicted molar refractivity (Wildman–Crippen MR) is 54.1 cm³/mol. The maximum Gasteiger partial charge on any atom is 0.163 e. The number of aromatic nitrogens is 3. The highest BCUT2D eigenvalue weighted by Gasteiger charge is 2.29. The van der Waals surface area contributed by atoms with Crippen molar-refractivity contribution < 1.29 is 4.74 Å². The largest absolute Gasteiger partial charge is 0.370 e. The lowest BCUT2D eigenvalue weighted by atomic mass is 10.1. The van der Waals surface area contributed by atoms with Crippen LogP contribution < -0.4 is 5.73 Å². The molecule has 82 valence electrons. The Bertz CT molecular complexity index is 356. The van der Waals surface area contributed by atoms with E-state index >= 15 is 0 Å². The SMILES string of the molecule is NC1CCCc2nnc(C3CCCO3)n21. The number of hydrogen-bond donors (Lipinski definition) is 1. The second-order valence-corrected chi connectivity index (χ2v) is 4.31. The van der Waals surface area contributed by atoms with Gasteiger partial charge in [0.2, 0.25) is 0 Å². The Morgan fingerprint density at radius 2 is 2.20 bits per heavy atom. The third-order valence-corrected chi connectivity index (χ3v) is 3.24. The molecule has 1 fully saturated rings. The number of fused-ring (bicyclic) bond motifs is 1. The van der Waals surface area contributed by atoms with E-state index in [-0.39, 0.29) is 12.3 Å². The first kappa shape index (κ1) is 9.30. The molecule has 2 aliphatic rings. The Kier molecular flexibility index (Phi) is 2.21. The molecule has 3 rings (SSSR count). The molecule has 0 aliphatic carbocycles. The molecule has 0 saturated carbocycles. The van der Waals surface area contributed by atoms with Crippen LogP contribution in [0.1, 0.15) is 49.6 Å². The van der Waals surface area contributed by atoms with Gasteiger partial charge in [-0.15, -0.1) is 10.2 Å². The summed E-state index contributed by atoms with van der Waals surface area (Å²) < 4.78 is 7.72. The van der Waals surface area contributed by atoms with E-state index < -0.39 is 0 Å². The third kappa shape index (κ3) is 1.46. The highest BCUT2D eigenvalue weighted by molar-refractivity contribution is 5.05. The maximum atomic E-state index is 6.09. The number of nitrogens with two attached hydrogens (primary N) is 1. The molecule has 0 amide bonds. The van der Waals surface area contributed by atoms with Crippen molar-refractivity contribution in [3.63, 3.8) is 0 Å². The van der Waals surface area contributed by atoms with Crippen LogP contribution in [0.25, 0.3) is 0 Å². The van der Waals surface area contributed by atoms with Gasteiger partial charge in [-0.2, -0.15) is 0 Å². The van der Waals surface area contributed by atoms with Crippen LogP contribution >= 0.6 is 0 Å². The average molecular weight is 208 g/mol. The van der Waals surface area contributed by atoms with Gasteiger partial charge >= 0.3 is 0 Å². The van der Waals surface area contributed by atoms with Crippen molar-refractivity contribution in [2.24, 2.45) is 5.73 Å². The Labute approximate surface area is 88.6 Å². The molecule has 2 N–H and O–H groups in total. The molecule has 2 unspecified atom stereocenters. The van der Waals surface area contributed by atoms with Crippen LogP contribution in [0.15, 0.2) is 0 Å². The molecule has 1 aromatic rings. The normalized spacial score (nSPS) is 30.5. The summed E-state index contributed by atoms with van der Waals surface area (Å²) in [7, 11) is 0. The Hall–Kier alpha value is -0.940. The number of aryl methyl sites for hydroxylation is 1. The average Bonchev–Trinajstić information content (AvgIpc) is 2.85. The van der Waals surface area contributed by atoms with Gasteiger partial charge in [-0.25, -0.2) is 0 Å². The Morgan fingerprint density at radius 3 is 3.00 bits per heavy atom. The number of rotatable bonds is 1. The van der Waals surface area contributed by atoms with E-state index in [1.165, 1.54) is 0 Å². The van der Waals surface area contributed by atoms with Gasteiger partial charge in [-0.3, -0.25) is 4.57 Å². The number of hydrogen-bond acceptors (Lipinski definition) is 4. The maximum absolute atomic E-state index is 6.09. The summed E-state index contributed by atoms with van der Waals surface area (Å²) in [5.74, 6) is 1.97. The lowest BCUT2D eigenvalue weighted by Gasteiger charge is -2.23. The van der Waals surface area contributed by atoms with Crippen LogP contribution in [0.5, 0.6) is 0 Å². The van der Waals surface area contributed by atoms with Gasteiger partial charge in [0, 0.05) is 13.0 Å². The van der Waals surface area contributed by atoms with Crippen LogP contribution in [-0.2, 0) is 11.2 Å². The molecule has 3 heterocycles. The smallest absolute Gasteiger partial charge is 0.163 e. The molecule has 2 atom stereocenters. The molecule has 1 saturated heterocycles. The van der Waals surface area contributed by atoms with Gasteiger partial charge in [-0.05, 0) is 25.7 Å². The Balaban J connectivity index is 1.97. The van der Waals surface area contributed by atoms with Gasteiger partial charge in [0.15, 0.2) is 5.82 Å². The molecule has 1 aromatic heterocycles. The molecule has 0 bridgehead atoms. The fourth-order valence-corrected chi connectivity index (χ4v) is 2.47. The van der Waals surface area contributed by atoms with Gasteiger partial charge in [0.1, 0.15) is 11.9 Å². The molecular weight excluding hydrogens is 192 g/mol. The van der Waals surface area contributed by atoms with E-state index in [0.717, 1.165) is 50.4 Å². The lowest BCUT2D eigenvalue weighted by Crippen LogP contribution is -2.27. The van der Waals surface area contributed by atoms with Crippen molar-refractivity contribution in [1.82, 2.24) is 14.8 Å². The van der Waals surface area contributed by atoms with Crippen molar-refractivity contribution in [2.45, 2.75) is 44.4 Å². The van der Waals surface area contributed by atoms with Gasteiger partial charge in [0.25, 0.3) is 0 Å². The zero-order valence-electron chi connectivity index (χ0n) is 8.72. The summed E-state index contributed by atoms with van der Waals surface area (Å²) >= 11 is 0. The zero-order valence-corrected chi connectivity index (χ0v) is 8.72. The quantitative estimate of drug-likeness (QED) is 0.745. The first-order chi connectivity index (χ1) is 7.36. The second kappa shape index (κ2) is 3.57. The number of nitrogens with zero attached hydrogens (tertiary/aromatic N) is 3. The van der Waals surface area contributed by atoms with Crippen molar-refractivity contribution in [1.29, 1.82) is 0 Å². The minimum Gasteiger partial charge on any atom is -0.370 e. The van der Waals surface area contributed by atoms with Crippen LogP contribution in [-0.4, -0.2) is 21.4 Å². The summed E-state index contributed by atoms with van der Waals surface area (Å²) in [6.07, 6.45) is 5.45. The first-order valence-corrected chi connectivity index (χ1v) is 5.67. The predicted octanol–water partition coefficient (Wildman–Crippen LogP) is 0.923. The standard InChI is InChI=1S/C10H16N4O/c11-8-4-1-5-9-12-13-10(14(8)9)7-3-2-6-15-7/h7-8H,1-6,11H2. The van der Waals surface area contributed by atoms with E-state index in [0.29, 0.717) is 0 Å². The van der Waals surface area contributed by atoms with Crippen LogP contribution in [0.2, 0.25) is 0 Å². The zero-order chi connectivity index (χ0) is 10.3. The fourth-order valence-electron chi connectivity index (χ4n) is 2.47. The monoisotopic (exact) mass is 208 g/mol. The van der Waals surface area contributed by atoms with Crippen molar-refractivity contribution in [3.05, 3.63) is 11.6 Å². The summed E-state index contributed by atoms with van der Waals surface area (Å²) in [4.78, 5) is 0. The van der Waals surface area contributed by atoms with Crippen LogP contribution in [0.3, 0.4) is 0 Å². The molecule has 2 aliphatic heterocycles. The van der Waals surface area contributed by atoms with Gasteiger partial charge in [0.05, 0.1) is 6.17 Å². The molecule has 5 heteroatoms. The fraction of sp³-hybridized carbons (Fsp3) is 0.800. The minimum atomic E-state index is 0.0444. The van der Waals surface area contributed by atoms with E-state index in [2.05, 4.69) is 14.8 Å². The summed E-state index contributed by atoms with van der Waals surface area (Å²) in [6, 6.07) is 0. The van der Waals surface area contributed by atoms with E-state index in [9.17, 15) is 0 Å². The number of ether oxygens (including phenoxy) is 1. The highest BCUT2D eigenvalue weighted by Crippen LogP contribution is 2.31. The van der Waals surface area contributed by atoms with E-state index in [1.54, 1.807) is 0 Å². The minimum absolute atomic E-state index is 0.0444. The molecule has 0 radical (unpaired) electrons. The van der Waals surface area contributed by atoms with Crippen LogP contribution in [0.4, 0.5) is 0 Å². The third-order valence-electron chi connectivity index (χ3n) is 3.24. The molecule has 0 aromatic carbocycles. The van der Waals surface area contributed by atoms with Crippen LogP contribution in [0, 0.1) is 0 Å². The molecule has 5 nitrogen and oxygen atoms in total. The summed E-state index contributed by atoms with van der Waals surface area (Å²) in [5, 5.41) is 8.44. The van der Waals surface area contributed by atoms with E-state index in [4.69, 9.17) is 10.5 Å². The van der Waals surface area contributed by atoms with Crippen molar-refractivity contribution in [3.8, 4) is 0 Å². The van der Waals surface area contributed by atoms with Gasteiger partial charge in [-0.1, -0.05) is 0 Å². The molecular formula is C10H16N4O. The first-order valence-electron chi connectivity index (χ1n) is 5.67. The topological polar surface area (TPSA) is 66.0 Å². The van der Waals surface area contributed by atoms with E-state index in [1.807, 2.05) is 0 Å². The van der Waals surface area contributed by atoms with Crippen molar-refractivity contribution >= 4 is 0 Å². The van der Waals surface area contributed by atoms with Gasteiger partial charge < -0.3 is 10.5 Å². The highest BCUT2D eigenvalue weighted by atomic mass is 16.5. The second-order valence-electron chi connectivity index (χ2n) is 4.31.